The number of anilines is 1. The van der Waals surface area contributed by atoms with E-state index in [0.717, 1.165) is 50.2 Å². The van der Waals surface area contributed by atoms with Crippen molar-refractivity contribution in [3.63, 3.8) is 0 Å². The molecule has 1 saturated heterocycles. The van der Waals surface area contributed by atoms with Crippen LogP contribution in [-0.4, -0.2) is 40.0 Å². The number of carbonyl (C=O) groups excluding carboxylic acids is 2. The zero-order chi connectivity index (χ0) is 14.1. The summed E-state index contributed by atoms with van der Waals surface area (Å²) >= 11 is 0. The zero-order valence-corrected chi connectivity index (χ0v) is 11.7. The smallest absolute Gasteiger partial charge is 0.225 e. The van der Waals surface area contributed by atoms with E-state index >= 15 is 0 Å². The molecular formula is C14H20N4O2. The second-order valence-electron chi connectivity index (χ2n) is 5.78. The molecule has 1 saturated carbocycles. The summed E-state index contributed by atoms with van der Waals surface area (Å²) in [4.78, 5) is 25.3. The summed E-state index contributed by atoms with van der Waals surface area (Å²) in [7, 11) is 0. The number of H-pyrrole nitrogens is 1. The highest BCUT2D eigenvalue weighted by Gasteiger charge is 2.36. The summed E-state index contributed by atoms with van der Waals surface area (Å²) in [6, 6.07) is 0. The number of hydrogen-bond acceptors (Lipinski definition) is 3. The molecule has 2 amide bonds. The van der Waals surface area contributed by atoms with Gasteiger partial charge in [0.1, 0.15) is 0 Å². The number of carbonyl (C=O) groups is 2. The van der Waals surface area contributed by atoms with Crippen molar-refractivity contribution in [1.82, 2.24) is 15.1 Å². The molecule has 2 fully saturated rings. The van der Waals surface area contributed by atoms with Crippen molar-refractivity contribution in [2.24, 2.45) is 5.92 Å². The SMILES string of the molecule is CC(=O)Nc1cn[nH]c1C1CCCN(C(=O)C2CC2)C1. The molecule has 0 aromatic carbocycles. The molecule has 1 atom stereocenters. The summed E-state index contributed by atoms with van der Waals surface area (Å²) in [6.45, 7) is 3.07. The van der Waals surface area contributed by atoms with Gasteiger partial charge < -0.3 is 10.2 Å². The number of rotatable bonds is 3. The van der Waals surface area contributed by atoms with Crippen LogP contribution in [0.5, 0.6) is 0 Å². The molecule has 1 aliphatic heterocycles. The van der Waals surface area contributed by atoms with Gasteiger partial charge >= 0.3 is 0 Å². The monoisotopic (exact) mass is 276 g/mol. The Balaban J connectivity index is 1.71. The summed E-state index contributed by atoms with van der Waals surface area (Å²) in [5, 5.41) is 9.80. The number of piperidine rings is 1. The van der Waals surface area contributed by atoms with E-state index in [0.29, 0.717) is 5.91 Å². The summed E-state index contributed by atoms with van der Waals surface area (Å²) in [6.07, 6.45) is 5.74. The Labute approximate surface area is 117 Å². The molecule has 0 radical (unpaired) electrons. The lowest BCUT2D eigenvalue weighted by Crippen LogP contribution is -2.40. The lowest BCUT2D eigenvalue weighted by atomic mass is 9.93. The quantitative estimate of drug-likeness (QED) is 0.878. The first-order valence-electron chi connectivity index (χ1n) is 7.25. The van der Waals surface area contributed by atoms with Gasteiger partial charge in [0.25, 0.3) is 0 Å². The highest BCUT2D eigenvalue weighted by atomic mass is 16.2. The average Bonchev–Trinajstić information content (AvgIpc) is 3.18. The lowest BCUT2D eigenvalue weighted by Gasteiger charge is -2.32. The molecule has 0 spiro atoms. The maximum atomic E-state index is 12.2. The van der Waals surface area contributed by atoms with E-state index in [2.05, 4.69) is 15.5 Å². The molecule has 20 heavy (non-hydrogen) atoms. The molecule has 1 unspecified atom stereocenters. The van der Waals surface area contributed by atoms with Gasteiger partial charge in [0.05, 0.1) is 17.6 Å². The van der Waals surface area contributed by atoms with Crippen LogP contribution in [0.4, 0.5) is 5.69 Å². The van der Waals surface area contributed by atoms with E-state index in [4.69, 9.17) is 0 Å². The Morgan fingerprint density at radius 2 is 2.20 bits per heavy atom. The summed E-state index contributed by atoms with van der Waals surface area (Å²) in [5.74, 6) is 0.700. The molecule has 0 bridgehead atoms. The van der Waals surface area contributed by atoms with Crippen LogP contribution in [-0.2, 0) is 9.59 Å². The maximum absolute atomic E-state index is 12.2. The van der Waals surface area contributed by atoms with Crippen LogP contribution in [0.25, 0.3) is 0 Å². The van der Waals surface area contributed by atoms with Crippen molar-refractivity contribution < 1.29 is 9.59 Å². The fourth-order valence-electron chi connectivity index (χ4n) is 2.90. The average molecular weight is 276 g/mol. The molecule has 2 heterocycles. The van der Waals surface area contributed by atoms with Crippen LogP contribution in [0.3, 0.4) is 0 Å². The van der Waals surface area contributed by atoms with Gasteiger partial charge in [-0.25, -0.2) is 0 Å². The first kappa shape index (κ1) is 13.1. The second-order valence-corrected chi connectivity index (χ2v) is 5.78. The summed E-state index contributed by atoms with van der Waals surface area (Å²) in [5.41, 5.74) is 1.68. The Hall–Kier alpha value is -1.85. The van der Waals surface area contributed by atoms with Crippen LogP contribution in [0.2, 0.25) is 0 Å². The number of nitrogens with one attached hydrogen (secondary N) is 2. The van der Waals surface area contributed by atoms with Crippen LogP contribution >= 0.6 is 0 Å². The van der Waals surface area contributed by atoms with Crippen LogP contribution in [0.15, 0.2) is 6.20 Å². The number of amides is 2. The first-order valence-corrected chi connectivity index (χ1v) is 7.25. The third-order valence-electron chi connectivity index (χ3n) is 4.05. The normalized spacial score (nSPS) is 22.6. The van der Waals surface area contributed by atoms with Crippen molar-refractivity contribution >= 4 is 17.5 Å². The van der Waals surface area contributed by atoms with Crippen LogP contribution in [0.1, 0.15) is 44.2 Å². The fraction of sp³-hybridized carbons (Fsp3) is 0.643. The van der Waals surface area contributed by atoms with E-state index in [-0.39, 0.29) is 17.7 Å². The lowest BCUT2D eigenvalue weighted by molar-refractivity contribution is -0.133. The Kier molecular flexibility index (Phi) is 3.46. The molecule has 6 heteroatoms. The molecule has 6 nitrogen and oxygen atoms in total. The van der Waals surface area contributed by atoms with Gasteiger partial charge in [-0.05, 0) is 25.7 Å². The minimum absolute atomic E-state index is 0.102. The number of nitrogens with zero attached hydrogens (tertiary/aromatic N) is 2. The molecule has 108 valence electrons. The minimum Gasteiger partial charge on any atom is -0.342 e. The molecule has 2 aliphatic rings. The fourth-order valence-corrected chi connectivity index (χ4v) is 2.90. The van der Waals surface area contributed by atoms with Crippen LogP contribution < -0.4 is 5.32 Å². The van der Waals surface area contributed by atoms with Crippen molar-refractivity contribution in [3.8, 4) is 0 Å². The number of aromatic amines is 1. The topological polar surface area (TPSA) is 78.1 Å². The molecule has 3 rings (SSSR count). The van der Waals surface area contributed by atoms with Gasteiger partial charge in [0, 0.05) is 31.8 Å². The van der Waals surface area contributed by atoms with Crippen LogP contribution in [0, 0.1) is 5.92 Å². The van der Waals surface area contributed by atoms with Gasteiger partial charge in [0.2, 0.25) is 11.8 Å². The standard InChI is InChI=1S/C14H20N4O2/c1-9(19)16-12-7-15-17-13(12)11-3-2-6-18(8-11)14(20)10-4-5-10/h7,10-11H,2-6,8H2,1H3,(H,15,17)(H,16,19). The van der Waals surface area contributed by atoms with Gasteiger partial charge in [-0.1, -0.05) is 0 Å². The van der Waals surface area contributed by atoms with E-state index in [1.807, 2.05) is 4.90 Å². The highest BCUT2D eigenvalue weighted by molar-refractivity contribution is 5.89. The predicted octanol–water partition coefficient (Wildman–Crippen LogP) is 1.48. The third kappa shape index (κ3) is 2.69. The van der Waals surface area contributed by atoms with E-state index in [1.54, 1.807) is 6.20 Å². The molecule has 2 N–H and O–H groups in total. The second kappa shape index (κ2) is 5.26. The highest BCUT2D eigenvalue weighted by Crippen LogP contribution is 2.35. The molecule has 1 aromatic rings. The first-order chi connectivity index (χ1) is 9.65. The largest absolute Gasteiger partial charge is 0.342 e. The Morgan fingerprint density at radius 3 is 2.90 bits per heavy atom. The van der Waals surface area contributed by atoms with Gasteiger partial charge in [0.15, 0.2) is 0 Å². The Morgan fingerprint density at radius 1 is 1.40 bits per heavy atom. The number of aromatic nitrogens is 2. The van der Waals surface area contributed by atoms with Crippen molar-refractivity contribution in [3.05, 3.63) is 11.9 Å². The third-order valence-corrected chi connectivity index (χ3v) is 4.05. The Bertz CT molecular complexity index is 521. The van der Waals surface area contributed by atoms with Crippen molar-refractivity contribution in [2.45, 2.75) is 38.5 Å². The summed E-state index contributed by atoms with van der Waals surface area (Å²) < 4.78 is 0. The maximum Gasteiger partial charge on any atom is 0.225 e. The minimum atomic E-state index is -0.102. The van der Waals surface area contributed by atoms with E-state index in [9.17, 15) is 9.59 Å². The van der Waals surface area contributed by atoms with Crippen molar-refractivity contribution in [1.29, 1.82) is 0 Å². The van der Waals surface area contributed by atoms with Crippen molar-refractivity contribution in [2.75, 3.05) is 18.4 Å². The number of hydrogen-bond donors (Lipinski definition) is 2. The number of likely N-dealkylation sites (tertiary alicyclic amines) is 1. The van der Waals surface area contributed by atoms with Gasteiger partial charge in [-0.2, -0.15) is 5.10 Å². The van der Waals surface area contributed by atoms with Gasteiger partial charge in [-0.15, -0.1) is 0 Å². The predicted molar refractivity (Wildman–Crippen MR) is 74.2 cm³/mol. The van der Waals surface area contributed by atoms with E-state index < -0.39 is 0 Å². The van der Waals surface area contributed by atoms with Gasteiger partial charge in [-0.3, -0.25) is 14.7 Å². The molecule has 1 aromatic heterocycles. The molecular weight excluding hydrogens is 256 g/mol. The molecule has 1 aliphatic carbocycles. The van der Waals surface area contributed by atoms with E-state index in [1.165, 1.54) is 6.92 Å². The zero-order valence-electron chi connectivity index (χ0n) is 11.7.